The van der Waals surface area contributed by atoms with Gasteiger partial charge in [0.1, 0.15) is 5.75 Å². The molecule has 2 amide bonds. The molecule has 0 aromatic heterocycles. The lowest BCUT2D eigenvalue weighted by molar-refractivity contribution is 0.0954. The standard InChI is InChI=1S/C27H24N2O3/c1-32-24-13-7-12-23(27(31)28-17-16-19-8-3-2-4-9-19)25(24)29-26(30)22-15-14-20-10-5-6-11-21(20)18-22/h2-15,18H,16-17H2,1H3,(H,28,31)(H,29,30). The SMILES string of the molecule is COc1cccc(C(=O)NCCc2ccccc2)c1NC(=O)c1ccc2ccccc2c1. The number of rotatable bonds is 7. The van der Waals surface area contributed by atoms with E-state index in [0.717, 1.165) is 22.8 Å². The van der Waals surface area contributed by atoms with Crippen molar-refractivity contribution in [3.63, 3.8) is 0 Å². The summed E-state index contributed by atoms with van der Waals surface area (Å²) in [7, 11) is 1.51. The molecule has 0 aliphatic heterocycles. The van der Waals surface area contributed by atoms with Gasteiger partial charge >= 0.3 is 0 Å². The van der Waals surface area contributed by atoms with Crippen LogP contribution < -0.4 is 15.4 Å². The maximum Gasteiger partial charge on any atom is 0.255 e. The highest BCUT2D eigenvalue weighted by molar-refractivity contribution is 6.11. The Labute approximate surface area is 187 Å². The average Bonchev–Trinajstić information content (AvgIpc) is 2.84. The highest BCUT2D eigenvalue weighted by atomic mass is 16.5. The van der Waals surface area contributed by atoms with E-state index in [-0.39, 0.29) is 11.8 Å². The zero-order valence-electron chi connectivity index (χ0n) is 17.8. The van der Waals surface area contributed by atoms with Gasteiger partial charge in [0.25, 0.3) is 11.8 Å². The highest BCUT2D eigenvalue weighted by Crippen LogP contribution is 2.29. The lowest BCUT2D eigenvalue weighted by Crippen LogP contribution is -2.27. The van der Waals surface area contributed by atoms with Gasteiger partial charge < -0.3 is 15.4 Å². The number of anilines is 1. The fourth-order valence-corrected chi connectivity index (χ4v) is 3.60. The molecule has 4 aromatic rings. The third-order valence-electron chi connectivity index (χ3n) is 5.28. The van der Waals surface area contributed by atoms with E-state index in [0.29, 0.717) is 29.1 Å². The van der Waals surface area contributed by atoms with Crippen LogP contribution in [0.1, 0.15) is 26.3 Å². The molecule has 5 nitrogen and oxygen atoms in total. The van der Waals surface area contributed by atoms with Gasteiger partial charge in [-0.3, -0.25) is 9.59 Å². The zero-order valence-corrected chi connectivity index (χ0v) is 17.8. The van der Waals surface area contributed by atoms with Crippen molar-refractivity contribution in [2.75, 3.05) is 19.0 Å². The largest absolute Gasteiger partial charge is 0.495 e. The number of methoxy groups -OCH3 is 1. The summed E-state index contributed by atoms with van der Waals surface area (Å²) in [4.78, 5) is 25.9. The van der Waals surface area contributed by atoms with Crippen molar-refractivity contribution in [1.29, 1.82) is 0 Å². The Morgan fingerprint density at radius 3 is 2.31 bits per heavy atom. The van der Waals surface area contributed by atoms with Crippen molar-refractivity contribution in [3.8, 4) is 5.75 Å². The molecule has 0 heterocycles. The lowest BCUT2D eigenvalue weighted by atomic mass is 10.1. The first-order valence-electron chi connectivity index (χ1n) is 10.4. The average molecular weight is 425 g/mol. The first kappa shape index (κ1) is 21.1. The molecule has 0 saturated carbocycles. The van der Waals surface area contributed by atoms with Crippen molar-refractivity contribution < 1.29 is 14.3 Å². The van der Waals surface area contributed by atoms with Gasteiger partial charge in [0.15, 0.2) is 0 Å². The van der Waals surface area contributed by atoms with Gasteiger partial charge in [0.05, 0.1) is 18.4 Å². The Hall–Kier alpha value is -4.12. The quantitative estimate of drug-likeness (QED) is 0.435. The maximum absolute atomic E-state index is 13.0. The summed E-state index contributed by atoms with van der Waals surface area (Å²) in [6.07, 6.45) is 0.718. The number of benzene rings is 4. The number of hydrogen-bond acceptors (Lipinski definition) is 3. The van der Waals surface area contributed by atoms with Gasteiger partial charge in [0.2, 0.25) is 0 Å². The fourth-order valence-electron chi connectivity index (χ4n) is 3.60. The van der Waals surface area contributed by atoms with Crippen LogP contribution in [-0.2, 0) is 6.42 Å². The summed E-state index contributed by atoms with van der Waals surface area (Å²) >= 11 is 0. The number of para-hydroxylation sites is 1. The Morgan fingerprint density at radius 2 is 1.53 bits per heavy atom. The van der Waals surface area contributed by atoms with Gasteiger partial charge in [-0.15, -0.1) is 0 Å². The Balaban J connectivity index is 1.53. The van der Waals surface area contributed by atoms with E-state index in [2.05, 4.69) is 10.6 Å². The molecule has 0 unspecified atom stereocenters. The third kappa shape index (κ3) is 4.78. The summed E-state index contributed by atoms with van der Waals surface area (Å²) < 4.78 is 5.42. The number of carbonyl (C=O) groups excluding carboxylic acids is 2. The molecule has 160 valence electrons. The molecule has 0 saturated heterocycles. The minimum Gasteiger partial charge on any atom is -0.495 e. The van der Waals surface area contributed by atoms with Crippen LogP contribution in [0.5, 0.6) is 5.75 Å². The third-order valence-corrected chi connectivity index (χ3v) is 5.28. The zero-order chi connectivity index (χ0) is 22.3. The number of fused-ring (bicyclic) bond motifs is 1. The van der Waals surface area contributed by atoms with Gasteiger partial charge in [-0.1, -0.05) is 66.7 Å². The van der Waals surface area contributed by atoms with Gasteiger partial charge in [-0.05, 0) is 47.0 Å². The summed E-state index contributed by atoms with van der Waals surface area (Å²) in [5.41, 5.74) is 2.35. The molecule has 0 spiro atoms. The highest BCUT2D eigenvalue weighted by Gasteiger charge is 2.18. The predicted octanol–water partition coefficient (Wildman–Crippen LogP) is 5.07. The molecule has 4 rings (SSSR count). The monoisotopic (exact) mass is 424 g/mol. The summed E-state index contributed by atoms with van der Waals surface area (Å²) in [6, 6.07) is 28.4. The Morgan fingerprint density at radius 1 is 0.781 bits per heavy atom. The molecule has 4 aromatic carbocycles. The summed E-state index contributed by atoms with van der Waals surface area (Å²) in [5.74, 6) is -0.151. The summed E-state index contributed by atoms with van der Waals surface area (Å²) in [5, 5.41) is 7.83. The number of carbonyl (C=O) groups is 2. The second-order valence-corrected chi connectivity index (χ2v) is 7.39. The summed E-state index contributed by atoms with van der Waals surface area (Å²) in [6.45, 7) is 0.484. The van der Waals surface area contributed by atoms with Crippen molar-refractivity contribution in [2.45, 2.75) is 6.42 Å². The van der Waals surface area contributed by atoms with Crippen LogP contribution in [0.25, 0.3) is 10.8 Å². The normalized spacial score (nSPS) is 10.5. The van der Waals surface area contributed by atoms with Crippen molar-refractivity contribution in [3.05, 3.63) is 108 Å². The molecular weight excluding hydrogens is 400 g/mol. The van der Waals surface area contributed by atoms with Gasteiger partial charge in [-0.2, -0.15) is 0 Å². The Kier molecular flexibility index (Phi) is 6.46. The van der Waals surface area contributed by atoms with E-state index in [1.807, 2.05) is 66.7 Å². The van der Waals surface area contributed by atoms with Gasteiger partial charge in [-0.25, -0.2) is 0 Å². The first-order valence-corrected chi connectivity index (χ1v) is 10.4. The molecule has 32 heavy (non-hydrogen) atoms. The predicted molar refractivity (Wildman–Crippen MR) is 127 cm³/mol. The number of ether oxygens (including phenoxy) is 1. The van der Waals surface area contributed by atoms with E-state index in [9.17, 15) is 9.59 Å². The van der Waals surface area contributed by atoms with E-state index in [1.165, 1.54) is 7.11 Å². The van der Waals surface area contributed by atoms with Crippen LogP contribution in [0, 0.1) is 0 Å². The first-order chi connectivity index (χ1) is 15.7. The molecule has 2 N–H and O–H groups in total. The smallest absolute Gasteiger partial charge is 0.255 e. The second-order valence-electron chi connectivity index (χ2n) is 7.39. The fraction of sp³-hybridized carbons (Fsp3) is 0.111. The molecule has 0 atom stereocenters. The van der Waals surface area contributed by atoms with E-state index < -0.39 is 0 Å². The number of nitrogens with one attached hydrogen (secondary N) is 2. The lowest BCUT2D eigenvalue weighted by Gasteiger charge is -2.15. The van der Waals surface area contributed by atoms with E-state index in [4.69, 9.17) is 4.74 Å². The van der Waals surface area contributed by atoms with E-state index in [1.54, 1.807) is 24.3 Å². The second kappa shape index (κ2) is 9.79. The van der Waals surface area contributed by atoms with Gasteiger partial charge in [0, 0.05) is 12.1 Å². The molecular formula is C27H24N2O3. The molecule has 5 heteroatoms. The minimum absolute atomic E-state index is 0.270. The van der Waals surface area contributed by atoms with E-state index >= 15 is 0 Å². The molecule has 0 bridgehead atoms. The molecule has 0 aliphatic rings. The molecule has 0 fully saturated rings. The van der Waals surface area contributed by atoms with Crippen LogP contribution in [0.4, 0.5) is 5.69 Å². The topological polar surface area (TPSA) is 67.4 Å². The van der Waals surface area contributed by atoms with Crippen LogP contribution in [0.3, 0.4) is 0 Å². The maximum atomic E-state index is 13.0. The van der Waals surface area contributed by atoms with Crippen molar-refractivity contribution in [2.24, 2.45) is 0 Å². The van der Waals surface area contributed by atoms with Crippen molar-refractivity contribution >= 4 is 28.3 Å². The van der Waals surface area contributed by atoms with Crippen LogP contribution >= 0.6 is 0 Å². The number of hydrogen-bond donors (Lipinski definition) is 2. The van der Waals surface area contributed by atoms with Crippen LogP contribution in [-0.4, -0.2) is 25.5 Å². The molecule has 0 radical (unpaired) electrons. The molecule has 0 aliphatic carbocycles. The minimum atomic E-state index is -0.307. The van der Waals surface area contributed by atoms with Crippen LogP contribution in [0.2, 0.25) is 0 Å². The van der Waals surface area contributed by atoms with Crippen LogP contribution in [0.15, 0.2) is 91.0 Å². The number of amides is 2. The Bertz CT molecular complexity index is 1250. The van der Waals surface area contributed by atoms with Crippen molar-refractivity contribution in [1.82, 2.24) is 5.32 Å².